The first-order valence-electron chi connectivity index (χ1n) is 6.23. The largest absolute Gasteiger partial charge is 0.361 e. The Balaban J connectivity index is 4.96. The number of nitriles is 1. The Kier molecular flexibility index (Phi) is 8.61. The molecule has 0 radical (unpaired) electrons. The predicted octanol–water partition coefficient (Wildman–Crippen LogP) is 0.250. The molecule has 0 saturated carbocycles. The molecule has 21 heavy (non-hydrogen) atoms. The molecule has 0 aromatic heterocycles. The summed E-state index contributed by atoms with van der Waals surface area (Å²) in [6, 6.07) is -0.815. The summed E-state index contributed by atoms with van der Waals surface area (Å²) < 4.78 is 22.5. The van der Waals surface area contributed by atoms with Crippen molar-refractivity contribution in [3.63, 3.8) is 0 Å². The lowest BCUT2D eigenvalue weighted by Crippen LogP contribution is -2.52. The number of amides is 1. The first-order valence-corrected chi connectivity index (χ1v) is 10.0. The molecular weight excluding hydrogens is 332 g/mol. The average Bonchev–Trinajstić information content (AvgIpc) is 2.33. The van der Waals surface area contributed by atoms with Crippen molar-refractivity contribution >= 4 is 42.9 Å². The second kappa shape index (κ2) is 9.07. The van der Waals surface area contributed by atoms with Gasteiger partial charge >= 0.3 is 0 Å². The summed E-state index contributed by atoms with van der Waals surface area (Å²) in [6.07, 6.45) is 2.83. The zero-order valence-corrected chi connectivity index (χ0v) is 14.9. The molecule has 0 fully saturated rings. The first kappa shape index (κ1) is 19.9. The third-order valence-corrected chi connectivity index (χ3v) is 5.00. The first-order chi connectivity index (χ1) is 9.60. The third-order valence-electron chi connectivity index (χ3n) is 2.17. The van der Waals surface area contributed by atoms with E-state index in [1.54, 1.807) is 13.1 Å². The molecule has 120 valence electrons. The summed E-state index contributed by atoms with van der Waals surface area (Å²) in [6.45, 7) is 5.63. The minimum atomic E-state index is -3.29. The van der Waals surface area contributed by atoms with Gasteiger partial charge in [-0.3, -0.25) is 4.79 Å². The molecule has 1 unspecified atom stereocenters. The topological polar surface area (TPSA) is 102 Å². The molecule has 7 nitrogen and oxygen atoms in total. The molecule has 0 heterocycles. The maximum atomic E-state index is 12.2. The Labute approximate surface area is 134 Å². The molecule has 0 aliphatic rings. The van der Waals surface area contributed by atoms with Crippen molar-refractivity contribution in [2.45, 2.75) is 32.9 Å². The average molecular weight is 353 g/mol. The SMILES string of the molecule is CCN(C#N)C(=O)C(CSS(C)(=O)=O)NC(=S)NC(C)C. The molecule has 1 atom stereocenters. The minimum Gasteiger partial charge on any atom is -0.361 e. The van der Waals surface area contributed by atoms with Crippen molar-refractivity contribution < 1.29 is 13.2 Å². The zero-order valence-electron chi connectivity index (χ0n) is 12.4. The highest BCUT2D eigenvalue weighted by Crippen LogP contribution is 2.12. The second-order valence-electron chi connectivity index (χ2n) is 4.50. The van der Waals surface area contributed by atoms with Gasteiger partial charge in [0.2, 0.25) is 0 Å². The van der Waals surface area contributed by atoms with Gasteiger partial charge < -0.3 is 10.6 Å². The smallest absolute Gasteiger partial charge is 0.259 e. The van der Waals surface area contributed by atoms with E-state index in [4.69, 9.17) is 17.5 Å². The van der Waals surface area contributed by atoms with Crippen LogP contribution in [0.4, 0.5) is 0 Å². The van der Waals surface area contributed by atoms with E-state index in [-0.39, 0.29) is 23.5 Å². The van der Waals surface area contributed by atoms with Gasteiger partial charge in [0.25, 0.3) is 5.91 Å². The van der Waals surface area contributed by atoms with E-state index in [9.17, 15) is 13.2 Å². The number of carbonyl (C=O) groups is 1. The molecule has 10 heteroatoms. The van der Waals surface area contributed by atoms with Crippen LogP contribution in [0, 0.1) is 11.5 Å². The van der Waals surface area contributed by atoms with E-state index in [1.165, 1.54) is 0 Å². The van der Waals surface area contributed by atoms with Gasteiger partial charge in [0.15, 0.2) is 20.2 Å². The van der Waals surface area contributed by atoms with E-state index >= 15 is 0 Å². The van der Waals surface area contributed by atoms with Crippen LogP contribution in [0.5, 0.6) is 0 Å². The van der Waals surface area contributed by atoms with E-state index in [1.807, 2.05) is 13.8 Å². The van der Waals surface area contributed by atoms with Crippen LogP contribution in [0.2, 0.25) is 0 Å². The van der Waals surface area contributed by atoms with Crippen molar-refractivity contribution in [2.75, 3.05) is 18.6 Å². The molecule has 0 spiro atoms. The Hall–Kier alpha value is -1.05. The van der Waals surface area contributed by atoms with Gasteiger partial charge in [0, 0.05) is 24.6 Å². The van der Waals surface area contributed by atoms with E-state index in [2.05, 4.69) is 10.6 Å². The summed E-state index contributed by atoms with van der Waals surface area (Å²) in [4.78, 5) is 13.1. The van der Waals surface area contributed by atoms with Crippen LogP contribution in [0.15, 0.2) is 0 Å². The Morgan fingerprint density at radius 1 is 1.43 bits per heavy atom. The molecule has 0 rings (SSSR count). The van der Waals surface area contributed by atoms with Gasteiger partial charge in [0.1, 0.15) is 6.04 Å². The fourth-order valence-electron chi connectivity index (χ4n) is 1.29. The fourth-order valence-corrected chi connectivity index (χ4v) is 3.43. The highest BCUT2D eigenvalue weighted by Gasteiger charge is 2.26. The molecule has 0 aliphatic heterocycles. The molecule has 0 aliphatic carbocycles. The number of rotatable bonds is 7. The Morgan fingerprint density at radius 3 is 2.38 bits per heavy atom. The van der Waals surface area contributed by atoms with Crippen LogP contribution in [0.25, 0.3) is 0 Å². The summed E-state index contributed by atoms with van der Waals surface area (Å²) in [7, 11) is -2.66. The fraction of sp³-hybridized carbons (Fsp3) is 0.727. The summed E-state index contributed by atoms with van der Waals surface area (Å²) in [5.74, 6) is -0.542. The molecule has 0 aromatic rings. The Morgan fingerprint density at radius 2 is 2.00 bits per heavy atom. The lowest BCUT2D eigenvalue weighted by atomic mass is 10.3. The number of carbonyl (C=O) groups excluding carboxylic acids is 1. The number of nitrogens with zero attached hydrogens (tertiary/aromatic N) is 2. The highest BCUT2D eigenvalue weighted by atomic mass is 33.1. The lowest BCUT2D eigenvalue weighted by Gasteiger charge is -2.23. The molecule has 0 saturated heterocycles. The monoisotopic (exact) mass is 352 g/mol. The van der Waals surface area contributed by atoms with Crippen LogP contribution >= 0.6 is 23.0 Å². The molecule has 2 N–H and O–H groups in total. The van der Waals surface area contributed by atoms with Crippen molar-refractivity contribution in [1.82, 2.24) is 15.5 Å². The number of thiocarbonyl (C=S) groups is 1. The van der Waals surface area contributed by atoms with Gasteiger partial charge in [-0.2, -0.15) is 5.26 Å². The summed E-state index contributed by atoms with van der Waals surface area (Å²) in [5, 5.41) is 14.8. The summed E-state index contributed by atoms with van der Waals surface area (Å²) in [5.41, 5.74) is 0. The van der Waals surface area contributed by atoms with Crippen LogP contribution in [-0.2, 0) is 13.7 Å². The van der Waals surface area contributed by atoms with E-state index < -0.39 is 20.8 Å². The van der Waals surface area contributed by atoms with Crippen molar-refractivity contribution in [3.05, 3.63) is 0 Å². The number of nitrogens with one attached hydrogen (secondary N) is 2. The number of hydrogen-bond donors (Lipinski definition) is 2. The molecule has 0 bridgehead atoms. The quantitative estimate of drug-likeness (QED) is 0.291. The number of hydrogen-bond acceptors (Lipinski definition) is 6. The van der Waals surface area contributed by atoms with Crippen molar-refractivity contribution in [3.8, 4) is 6.19 Å². The predicted molar refractivity (Wildman–Crippen MR) is 88.1 cm³/mol. The highest BCUT2D eigenvalue weighted by molar-refractivity contribution is 8.71. The van der Waals surface area contributed by atoms with Crippen molar-refractivity contribution in [1.29, 1.82) is 5.26 Å². The van der Waals surface area contributed by atoms with Crippen LogP contribution in [-0.4, -0.2) is 55.0 Å². The van der Waals surface area contributed by atoms with Crippen LogP contribution in [0.3, 0.4) is 0 Å². The van der Waals surface area contributed by atoms with E-state index in [0.717, 1.165) is 11.2 Å². The normalized spacial score (nSPS) is 12.4. The molecule has 1 amide bonds. The minimum absolute atomic E-state index is 0.0320. The second-order valence-corrected chi connectivity index (χ2v) is 9.41. The lowest BCUT2D eigenvalue weighted by molar-refractivity contribution is -0.129. The van der Waals surface area contributed by atoms with Crippen molar-refractivity contribution in [2.24, 2.45) is 0 Å². The van der Waals surface area contributed by atoms with Gasteiger partial charge in [-0.05, 0) is 43.8 Å². The maximum absolute atomic E-state index is 12.2. The van der Waals surface area contributed by atoms with E-state index in [0.29, 0.717) is 10.8 Å². The summed E-state index contributed by atoms with van der Waals surface area (Å²) >= 11 is 5.06. The Bertz CT molecular complexity index is 513. The van der Waals surface area contributed by atoms with Gasteiger partial charge in [0.05, 0.1) is 0 Å². The molecular formula is C11H20N4O3S3. The van der Waals surface area contributed by atoms with Gasteiger partial charge in [-0.15, -0.1) is 0 Å². The molecule has 0 aromatic carbocycles. The third kappa shape index (κ3) is 8.75. The van der Waals surface area contributed by atoms with Crippen LogP contribution < -0.4 is 10.6 Å². The number of likely N-dealkylation sites (N-methyl/N-ethyl adjacent to an activating group) is 1. The van der Waals surface area contributed by atoms with Gasteiger partial charge in [-0.1, -0.05) is 0 Å². The zero-order chi connectivity index (χ0) is 16.6. The maximum Gasteiger partial charge on any atom is 0.259 e. The van der Waals surface area contributed by atoms with Crippen LogP contribution in [0.1, 0.15) is 20.8 Å². The van der Waals surface area contributed by atoms with Gasteiger partial charge in [-0.25, -0.2) is 13.3 Å². The standard InChI is InChI=1S/C11H20N4O3S3/c1-5-15(7-12)10(16)9(6-20-21(4,17)18)14-11(19)13-8(2)3/h8-9H,5-6H2,1-4H3,(H2,13,14,19).